The summed E-state index contributed by atoms with van der Waals surface area (Å²) in [5.41, 5.74) is 2.40. The van der Waals surface area contributed by atoms with Crippen LogP contribution in [0.25, 0.3) is 44.3 Å². The Morgan fingerprint density at radius 3 is 2.22 bits per heavy atom. The zero-order valence-corrected chi connectivity index (χ0v) is 27.8. The van der Waals surface area contributed by atoms with E-state index in [-0.39, 0.29) is 41.0 Å². The summed E-state index contributed by atoms with van der Waals surface area (Å²) >= 11 is 0. The summed E-state index contributed by atoms with van der Waals surface area (Å²) < 4.78 is 61.9. The number of aliphatic hydroxyl groups excluding tert-OH is 1. The van der Waals surface area contributed by atoms with Crippen molar-refractivity contribution in [3.05, 3.63) is 118 Å². The number of carbonyl (C=O) groups excluding carboxylic acids is 1. The Labute approximate surface area is 280 Å². The van der Waals surface area contributed by atoms with E-state index in [0.717, 1.165) is 10.6 Å². The zero-order valence-electron chi connectivity index (χ0n) is 27.0. The van der Waals surface area contributed by atoms with Crippen LogP contribution in [-0.2, 0) is 10.0 Å². The van der Waals surface area contributed by atoms with Gasteiger partial charge in [-0.25, -0.2) is 22.2 Å². The van der Waals surface area contributed by atoms with E-state index in [4.69, 9.17) is 4.42 Å². The summed E-state index contributed by atoms with van der Waals surface area (Å²) in [4.78, 5) is 32.1. The fourth-order valence-corrected chi connectivity index (χ4v) is 6.56. The maximum atomic E-state index is 14.2. The third-order valence-electron chi connectivity index (χ3n) is 8.56. The Morgan fingerprint density at radius 1 is 0.980 bits per heavy atom. The van der Waals surface area contributed by atoms with Crippen molar-refractivity contribution in [3.8, 4) is 22.5 Å². The predicted molar refractivity (Wildman–Crippen MR) is 184 cm³/mol. The number of nitrogens with zero attached hydrogens (tertiary/aromatic N) is 3. The maximum absolute atomic E-state index is 14.2. The van der Waals surface area contributed by atoms with Crippen molar-refractivity contribution in [2.75, 3.05) is 31.3 Å². The molecule has 6 rings (SSSR count). The first-order chi connectivity index (χ1) is 23.3. The summed E-state index contributed by atoms with van der Waals surface area (Å²) in [6.45, 7) is 1.43. The highest BCUT2D eigenvalue weighted by Crippen LogP contribution is 2.41. The van der Waals surface area contributed by atoms with Gasteiger partial charge in [0.1, 0.15) is 28.8 Å². The van der Waals surface area contributed by atoms with Crippen molar-refractivity contribution in [2.24, 2.45) is 0 Å². The molecule has 49 heavy (non-hydrogen) atoms. The summed E-state index contributed by atoms with van der Waals surface area (Å²) in [6.07, 6.45) is 1.21. The quantitative estimate of drug-likeness (QED) is 0.197. The Morgan fingerprint density at radius 2 is 1.61 bits per heavy atom. The number of amides is 1. The van der Waals surface area contributed by atoms with Gasteiger partial charge in [0, 0.05) is 43.3 Å². The summed E-state index contributed by atoms with van der Waals surface area (Å²) in [7, 11) is -0.969. The van der Waals surface area contributed by atoms with Crippen molar-refractivity contribution >= 4 is 43.5 Å². The van der Waals surface area contributed by atoms with Gasteiger partial charge >= 0.3 is 0 Å². The molecule has 4 aromatic carbocycles. The third kappa shape index (κ3) is 6.18. The van der Waals surface area contributed by atoms with Crippen LogP contribution in [0.15, 0.2) is 88.1 Å². The number of aliphatic hydroxyl groups is 1. The molecule has 0 aliphatic rings. The molecular weight excluding hydrogens is 654 g/mol. The first kappa shape index (κ1) is 33.5. The van der Waals surface area contributed by atoms with Crippen molar-refractivity contribution < 1.29 is 31.5 Å². The molecule has 2 heterocycles. The summed E-state index contributed by atoms with van der Waals surface area (Å²) in [6, 6.07) is 18.5. The number of anilines is 1. The van der Waals surface area contributed by atoms with Gasteiger partial charge in [-0.1, -0.05) is 18.2 Å². The second-order valence-corrected chi connectivity index (χ2v) is 13.6. The van der Waals surface area contributed by atoms with E-state index in [1.807, 2.05) is 0 Å². The lowest BCUT2D eigenvalue weighted by atomic mass is 9.97. The number of aryl methyl sites for hydroxylation is 1. The minimum atomic E-state index is -3.81. The Bertz CT molecular complexity index is 2410. The third-order valence-corrected chi connectivity index (χ3v) is 9.75. The number of hydrogen-bond donors (Lipinski definition) is 2. The van der Waals surface area contributed by atoms with Gasteiger partial charge in [-0.05, 0) is 79.1 Å². The van der Waals surface area contributed by atoms with Gasteiger partial charge in [0.15, 0.2) is 0 Å². The highest BCUT2D eigenvalue weighted by molar-refractivity contribution is 7.92. The van der Waals surface area contributed by atoms with Crippen LogP contribution in [0.1, 0.15) is 34.2 Å². The lowest BCUT2D eigenvalue weighted by Crippen LogP contribution is -2.29. The minimum Gasteiger partial charge on any atom is -0.455 e. The molecule has 0 radical (unpaired) electrons. The van der Waals surface area contributed by atoms with Crippen molar-refractivity contribution in [1.29, 1.82) is 0 Å². The number of rotatable bonds is 9. The Balaban J connectivity index is 1.62. The van der Waals surface area contributed by atoms with Gasteiger partial charge in [-0.3, -0.25) is 18.5 Å². The largest absolute Gasteiger partial charge is 0.455 e. The molecule has 2 N–H and O–H groups in total. The lowest BCUT2D eigenvalue weighted by molar-refractivity contribution is 0.0964. The number of fused-ring (bicyclic) bond motifs is 2. The maximum Gasteiger partial charge on any atom is 0.261 e. The highest BCUT2D eigenvalue weighted by atomic mass is 32.2. The molecule has 13 heteroatoms. The minimum absolute atomic E-state index is 0.158. The zero-order chi connectivity index (χ0) is 35.2. The van der Waals surface area contributed by atoms with Crippen LogP contribution in [0, 0.1) is 18.6 Å². The molecule has 6 aromatic rings. The molecule has 0 spiro atoms. The van der Waals surface area contributed by atoms with Gasteiger partial charge in [-0.15, -0.1) is 0 Å². The van der Waals surface area contributed by atoms with E-state index in [9.17, 15) is 31.9 Å². The van der Waals surface area contributed by atoms with Crippen molar-refractivity contribution in [2.45, 2.75) is 19.4 Å². The number of carbonyl (C=O) groups is 1. The normalized spacial score (nSPS) is 12.4. The van der Waals surface area contributed by atoms with Crippen LogP contribution in [-0.4, -0.2) is 55.9 Å². The standard InChI is InChI=1S/C36H32F2N4O6S/c1-20-40-29-14-9-23(17-27(29)36(45)42(20)30(15-16-43)21-5-10-24(37)11-6-21)26-18-28-32(19-31(26)41(3)49(4,46)47)48-34(33(28)35(44)39-2)22-7-12-25(38)13-8-22/h5-14,17-19,30,43H,15-16H2,1-4H3,(H,39,44)/t30-/m1/s1. The van der Waals surface area contributed by atoms with Gasteiger partial charge in [-0.2, -0.15) is 0 Å². The number of hydrogen-bond acceptors (Lipinski definition) is 7. The van der Waals surface area contributed by atoms with Crippen LogP contribution < -0.4 is 15.2 Å². The molecule has 252 valence electrons. The molecule has 0 unspecified atom stereocenters. The van der Waals surface area contributed by atoms with Gasteiger partial charge < -0.3 is 14.8 Å². The van der Waals surface area contributed by atoms with E-state index in [1.165, 1.54) is 61.1 Å². The second-order valence-electron chi connectivity index (χ2n) is 11.6. The Hall–Kier alpha value is -5.40. The summed E-state index contributed by atoms with van der Waals surface area (Å²) in [5, 5.41) is 13.1. The van der Waals surface area contributed by atoms with Gasteiger partial charge in [0.25, 0.3) is 11.5 Å². The van der Waals surface area contributed by atoms with Crippen LogP contribution in [0.5, 0.6) is 0 Å². The number of furan rings is 1. The SMILES string of the molecule is CNC(=O)c1c(-c2ccc(F)cc2)oc2cc(N(C)S(C)(=O)=O)c(-c3ccc4nc(C)n([C@H](CCO)c5ccc(F)cc5)c(=O)c4c3)cc12. The van der Waals surface area contributed by atoms with Crippen molar-refractivity contribution in [3.63, 3.8) is 0 Å². The monoisotopic (exact) mass is 686 g/mol. The number of sulfonamides is 1. The van der Waals surface area contributed by atoms with Gasteiger partial charge in [0.2, 0.25) is 10.0 Å². The fraction of sp³-hybridized carbons (Fsp3) is 0.194. The van der Waals surface area contributed by atoms with E-state index in [1.54, 1.807) is 43.3 Å². The molecule has 2 aromatic heterocycles. The predicted octanol–water partition coefficient (Wildman–Crippen LogP) is 5.79. The smallest absolute Gasteiger partial charge is 0.261 e. The van der Waals surface area contributed by atoms with Crippen molar-refractivity contribution in [1.82, 2.24) is 14.9 Å². The first-order valence-corrected chi connectivity index (χ1v) is 17.1. The van der Waals surface area contributed by atoms with Crippen LogP contribution in [0.2, 0.25) is 0 Å². The molecular formula is C36H32F2N4O6S. The van der Waals surface area contributed by atoms with E-state index < -0.39 is 39.2 Å². The summed E-state index contributed by atoms with van der Waals surface area (Å²) in [5.74, 6) is -0.845. The van der Waals surface area contributed by atoms with E-state index in [2.05, 4.69) is 10.3 Å². The molecule has 0 aliphatic heterocycles. The molecule has 0 bridgehead atoms. The number of aromatic nitrogens is 2. The van der Waals surface area contributed by atoms with E-state index >= 15 is 0 Å². The van der Waals surface area contributed by atoms with Gasteiger partial charge in [0.05, 0.1) is 34.5 Å². The Kier molecular flexibility index (Phi) is 8.82. The molecule has 10 nitrogen and oxygen atoms in total. The first-order valence-electron chi connectivity index (χ1n) is 15.2. The second kappa shape index (κ2) is 12.9. The molecule has 0 saturated carbocycles. The number of benzene rings is 4. The highest BCUT2D eigenvalue weighted by Gasteiger charge is 2.27. The van der Waals surface area contributed by atoms with Crippen LogP contribution in [0.3, 0.4) is 0 Å². The molecule has 0 saturated heterocycles. The van der Waals surface area contributed by atoms with E-state index in [0.29, 0.717) is 39.0 Å². The molecule has 0 aliphatic carbocycles. The molecule has 1 amide bonds. The topological polar surface area (TPSA) is 135 Å². The average Bonchev–Trinajstić information content (AvgIpc) is 3.45. The van der Waals surface area contributed by atoms with Crippen LogP contribution in [0.4, 0.5) is 14.5 Å². The number of nitrogens with one attached hydrogen (secondary N) is 1. The average molecular weight is 687 g/mol. The van der Waals surface area contributed by atoms with Crippen LogP contribution >= 0.6 is 0 Å². The lowest BCUT2D eigenvalue weighted by Gasteiger charge is -2.23. The molecule has 1 atom stereocenters. The number of halogens is 2. The fourth-order valence-electron chi connectivity index (χ4n) is 6.05. The molecule has 0 fully saturated rings.